The Kier molecular flexibility index (Phi) is 3.71. The summed E-state index contributed by atoms with van der Waals surface area (Å²) in [6.45, 7) is 0. The molecule has 0 radical (unpaired) electrons. The summed E-state index contributed by atoms with van der Waals surface area (Å²) in [6.07, 6.45) is 0.888. The van der Waals surface area contributed by atoms with Crippen LogP contribution in [0.4, 0.5) is 9.52 Å². The summed E-state index contributed by atoms with van der Waals surface area (Å²) in [7, 11) is -7.98. The van der Waals surface area contributed by atoms with Gasteiger partial charge in [-0.1, -0.05) is 9.59 Å². The average Bonchev–Trinajstić information content (AvgIpc) is 2.79. The molecule has 0 atom stereocenters. The van der Waals surface area contributed by atoms with Gasteiger partial charge in [0.25, 0.3) is 10.0 Å². The van der Waals surface area contributed by atoms with Crippen molar-refractivity contribution in [1.29, 1.82) is 0 Å². The second-order valence-corrected chi connectivity index (χ2v) is 8.04. The summed E-state index contributed by atoms with van der Waals surface area (Å²) in [6, 6.07) is 2.49. The van der Waals surface area contributed by atoms with E-state index in [0.29, 0.717) is 11.5 Å². The monoisotopic (exact) mass is 338 g/mol. The van der Waals surface area contributed by atoms with Gasteiger partial charge in [0.1, 0.15) is 10.7 Å². The zero-order chi connectivity index (χ0) is 15.0. The molecule has 8 nitrogen and oxygen atoms in total. The minimum absolute atomic E-state index is 0.158. The summed E-state index contributed by atoms with van der Waals surface area (Å²) >= 11 is 0.657. The molecule has 0 aliphatic rings. The van der Waals surface area contributed by atoms with Crippen molar-refractivity contribution in [1.82, 2.24) is 14.8 Å². The van der Waals surface area contributed by atoms with Crippen LogP contribution in [0.2, 0.25) is 0 Å². The van der Waals surface area contributed by atoms with Gasteiger partial charge in [-0.25, -0.2) is 21.2 Å². The molecule has 0 bridgehead atoms. The zero-order valence-electron chi connectivity index (χ0n) is 9.81. The maximum atomic E-state index is 13.6. The molecule has 108 valence electrons. The van der Waals surface area contributed by atoms with E-state index in [1.54, 1.807) is 0 Å². The molecule has 0 aliphatic carbocycles. The second kappa shape index (κ2) is 5.03. The quantitative estimate of drug-likeness (QED) is 0.795. The van der Waals surface area contributed by atoms with Crippen molar-refractivity contribution in [2.24, 2.45) is 0 Å². The predicted octanol–water partition coefficient (Wildman–Crippen LogP) is 0.277. The fourth-order valence-electron chi connectivity index (χ4n) is 1.26. The van der Waals surface area contributed by atoms with Crippen LogP contribution in [0.5, 0.6) is 0 Å². The summed E-state index contributed by atoms with van der Waals surface area (Å²) in [5.41, 5.74) is 0. The Morgan fingerprint density at radius 2 is 1.95 bits per heavy atom. The molecule has 0 aliphatic heterocycles. The van der Waals surface area contributed by atoms with Gasteiger partial charge in [-0.15, -0.1) is 0 Å². The Morgan fingerprint density at radius 3 is 2.50 bits per heavy atom. The number of benzene rings is 1. The van der Waals surface area contributed by atoms with Crippen LogP contribution in [-0.2, 0) is 19.9 Å². The maximum absolute atomic E-state index is 13.6. The molecule has 2 aromatic rings. The Balaban J connectivity index is 2.51. The predicted molar refractivity (Wildman–Crippen MR) is 68.0 cm³/mol. The molecule has 1 aromatic heterocycles. The van der Waals surface area contributed by atoms with Gasteiger partial charge >= 0.3 is 0 Å². The number of sulfone groups is 1. The van der Waals surface area contributed by atoms with Crippen molar-refractivity contribution in [3.63, 3.8) is 0 Å². The first-order valence-corrected chi connectivity index (χ1v) is 9.02. The molecule has 0 fully saturated rings. The molecule has 1 aromatic carbocycles. The van der Waals surface area contributed by atoms with Gasteiger partial charge in [0.05, 0.1) is 4.90 Å². The highest BCUT2D eigenvalue weighted by Gasteiger charge is 2.23. The van der Waals surface area contributed by atoms with Crippen molar-refractivity contribution >= 4 is 36.5 Å². The number of nitrogens with one attached hydrogen (secondary N) is 1. The lowest BCUT2D eigenvalue weighted by Crippen LogP contribution is -2.15. The second-order valence-electron chi connectivity index (χ2n) is 3.64. The van der Waals surface area contributed by atoms with E-state index in [0.717, 1.165) is 24.5 Å². The highest BCUT2D eigenvalue weighted by molar-refractivity contribution is 7.93. The van der Waals surface area contributed by atoms with Crippen LogP contribution < -0.4 is 4.72 Å². The largest absolute Gasteiger partial charge is 0.266 e. The number of rotatable bonds is 4. The minimum atomic E-state index is -4.32. The van der Waals surface area contributed by atoms with E-state index < -0.39 is 30.6 Å². The summed E-state index contributed by atoms with van der Waals surface area (Å²) in [5, 5.41) is 6.38. The van der Waals surface area contributed by atoms with Crippen molar-refractivity contribution in [2.45, 2.75) is 9.79 Å². The number of hydrogen-bond acceptors (Lipinski definition) is 8. The van der Waals surface area contributed by atoms with Gasteiger partial charge < -0.3 is 0 Å². The molecule has 1 N–H and O–H groups in total. The van der Waals surface area contributed by atoms with Crippen molar-refractivity contribution in [3.8, 4) is 0 Å². The Bertz CT molecular complexity index is 833. The van der Waals surface area contributed by atoms with Crippen LogP contribution in [0.15, 0.2) is 28.0 Å². The van der Waals surface area contributed by atoms with Gasteiger partial charge in [0.15, 0.2) is 9.84 Å². The van der Waals surface area contributed by atoms with E-state index in [-0.39, 0.29) is 10.0 Å². The lowest BCUT2D eigenvalue weighted by atomic mass is 10.3. The number of sulfonamides is 1. The van der Waals surface area contributed by atoms with E-state index in [1.807, 2.05) is 4.72 Å². The molecule has 20 heavy (non-hydrogen) atoms. The molecule has 0 saturated heterocycles. The van der Waals surface area contributed by atoms with Crippen LogP contribution in [0.25, 0.3) is 0 Å². The Labute approximate surface area is 117 Å². The van der Waals surface area contributed by atoms with Crippen molar-refractivity contribution in [2.75, 3.05) is 11.0 Å². The molecular weight excluding hydrogens is 331 g/mol. The van der Waals surface area contributed by atoms with Gasteiger partial charge in [-0.05, 0) is 23.4 Å². The highest BCUT2D eigenvalue weighted by Crippen LogP contribution is 2.22. The minimum Gasteiger partial charge on any atom is -0.252 e. The summed E-state index contributed by atoms with van der Waals surface area (Å²) in [4.78, 5) is -1.11. The fourth-order valence-corrected chi connectivity index (χ4v) is 3.67. The van der Waals surface area contributed by atoms with Crippen molar-refractivity contribution < 1.29 is 21.2 Å². The molecular formula is C8H7FN4O4S3. The van der Waals surface area contributed by atoms with Crippen LogP contribution >= 0.6 is 11.5 Å². The lowest BCUT2D eigenvalue weighted by molar-refractivity contribution is 0.567. The SMILES string of the molecule is CS(=O)(=O)c1ccc(F)c(S(=O)(=O)Nc2nnns2)c1. The number of nitrogens with zero attached hydrogens (tertiary/aromatic N) is 3. The van der Waals surface area contributed by atoms with Gasteiger partial charge in [0, 0.05) is 17.8 Å². The molecule has 12 heteroatoms. The number of hydrogen-bond donors (Lipinski definition) is 1. The van der Waals surface area contributed by atoms with Crippen LogP contribution in [0.3, 0.4) is 0 Å². The lowest BCUT2D eigenvalue weighted by Gasteiger charge is -2.07. The standard InChI is InChI=1S/C8H7FN4O4S3/c1-19(14,15)5-2-3-6(9)7(4-5)20(16,17)11-8-10-12-13-18-8/h2-4H,1H3,(H,10,11,13). The van der Waals surface area contributed by atoms with E-state index in [4.69, 9.17) is 0 Å². The van der Waals surface area contributed by atoms with Crippen LogP contribution in [0, 0.1) is 5.82 Å². The van der Waals surface area contributed by atoms with Crippen LogP contribution in [0.1, 0.15) is 0 Å². The molecule has 0 unspecified atom stereocenters. The third-order valence-electron chi connectivity index (χ3n) is 2.14. The third kappa shape index (κ3) is 3.08. The van der Waals surface area contributed by atoms with Crippen molar-refractivity contribution in [3.05, 3.63) is 24.0 Å². The van der Waals surface area contributed by atoms with E-state index >= 15 is 0 Å². The van der Waals surface area contributed by atoms with Gasteiger partial charge in [0.2, 0.25) is 5.13 Å². The number of halogens is 1. The topological polar surface area (TPSA) is 119 Å². The maximum Gasteiger partial charge on any atom is 0.266 e. The van der Waals surface area contributed by atoms with Gasteiger partial charge in [-0.3, -0.25) is 4.72 Å². The van der Waals surface area contributed by atoms with E-state index in [9.17, 15) is 21.2 Å². The normalized spacial score (nSPS) is 12.3. The number of anilines is 1. The fraction of sp³-hybridized carbons (Fsp3) is 0.125. The molecule has 0 amide bonds. The first kappa shape index (κ1) is 14.7. The zero-order valence-corrected chi connectivity index (χ0v) is 12.3. The average molecular weight is 338 g/mol. The summed E-state index contributed by atoms with van der Waals surface area (Å²) in [5.74, 6) is -1.08. The number of aromatic nitrogens is 3. The third-order valence-corrected chi connectivity index (χ3v) is 5.25. The Morgan fingerprint density at radius 1 is 1.25 bits per heavy atom. The van der Waals surface area contributed by atoms with E-state index in [1.165, 1.54) is 0 Å². The van der Waals surface area contributed by atoms with Gasteiger partial charge in [-0.2, -0.15) is 0 Å². The Hall–Kier alpha value is -1.66. The first-order valence-electron chi connectivity index (χ1n) is 4.87. The molecule has 1 heterocycles. The van der Waals surface area contributed by atoms with E-state index in [2.05, 4.69) is 14.8 Å². The summed E-state index contributed by atoms with van der Waals surface area (Å²) < 4.78 is 65.6. The highest BCUT2D eigenvalue weighted by atomic mass is 32.2. The molecule has 0 spiro atoms. The first-order chi connectivity index (χ1) is 9.20. The molecule has 0 saturated carbocycles. The van der Waals surface area contributed by atoms with Crippen LogP contribution in [-0.4, -0.2) is 37.9 Å². The molecule has 2 rings (SSSR count). The smallest absolute Gasteiger partial charge is 0.252 e.